The number of aromatic nitrogens is 3. The Labute approximate surface area is 312 Å². The summed E-state index contributed by atoms with van der Waals surface area (Å²) in [5, 5.41) is 24.2. The molecule has 0 unspecified atom stereocenters. The van der Waals surface area contributed by atoms with Crippen LogP contribution >= 0.6 is 11.6 Å². The van der Waals surface area contributed by atoms with Gasteiger partial charge in [0, 0.05) is 37.1 Å². The zero-order valence-electron chi connectivity index (χ0n) is 28.6. The van der Waals surface area contributed by atoms with E-state index in [1.807, 2.05) is 37.4 Å². The van der Waals surface area contributed by atoms with Crippen LogP contribution in [0.1, 0.15) is 46.7 Å². The minimum absolute atomic E-state index is 0.0346. The molecule has 1 saturated heterocycles. The van der Waals surface area contributed by atoms with Crippen molar-refractivity contribution in [1.82, 2.24) is 19.9 Å². The van der Waals surface area contributed by atoms with Gasteiger partial charge in [0.25, 0.3) is 5.91 Å². The second-order valence-corrected chi connectivity index (χ2v) is 12.5. The number of anilines is 5. The van der Waals surface area contributed by atoms with Gasteiger partial charge in [-0.2, -0.15) is 31.3 Å². The lowest BCUT2D eigenvalue weighted by atomic mass is 9.93. The minimum atomic E-state index is -5.08. The molecule has 2 aliphatic heterocycles. The van der Waals surface area contributed by atoms with Crippen LogP contribution in [0.3, 0.4) is 0 Å². The first-order chi connectivity index (χ1) is 25.8. The van der Waals surface area contributed by atoms with Crippen molar-refractivity contribution in [3.63, 3.8) is 0 Å². The summed E-state index contributed by atoms with van der Waals surface area (Å²) in [6.07, 6.45) is -1.69. The first kappa shape index (κ1) is 41.8. The van der Waals surface area contributed by atoms with Crippen LogP contribution in [0, 0.1) is 12.8 Å². The van der Waals surface area contributed by atoms with Gasteiger partial charge in [0.2, 0.25) is 11.9 Å². The molecule has 6 rings (SSSR count). The molecular weight excluding hydrogens is 768 g/mol. The molecule has 2 amide bonds. The summed E-state index contributed by atoms with van der Waals surface area (Å²) in [4.78, 5) is 58.6. The van der Waals surface area contributed by atoms with Crippen molar-refractivity contribution in [2.45, 2.75) is 51.4 Å². The normalized spacial score (nSPS) is 14.1. The zero-order valence-corrected chi connectivity index (χ0v) is 29.3. The van der Waals surface area contributed by atoms with Crippen molar-refractivity contribution in [1.29, 1.82) is 0 Å². The molecule has 1 fully saturated rings. The molecule has 0 saturated carbocycles. The van der Waals surface area contributed by atoms with Gasteiger partial charge in [-0.15, -0.1) is 0 Å². The number of hydrogen-bond acceptors (Lipinski definition) is 10. The molecule has 4 aromatic rings. The van der Waals surface area contributed by atoms with Crippen molar-refractivity contribution in [2.24, 2.45) is 5.92 Å². The number of alkyl halides is 6. The highest BCUT2D eigenvalue weighted by molar-refractivity contribution is 6.32. The Morgan fingerprint density at radius 2 is 1.56 bits per heavy atom. The number of likely N-dealkylation sites (tertiary alicyclic amines) is 1. The molecule has 294 valence electrons. The number of fused-ring (bicyclic) bond motifs is 6. The Morgan fingerprint density at radius 3 is 2.16 bits per heavy atom. The number of nitrogens with zero attached hydrogens (tertiary/aromatic N) is 4. The fourth-order valence-electron chi connectivity index (χ4n) is 5.26. The van der Waals surface area contributed by atoms with Crippen molar-refractivity contribution in [3.8, 4) is 0 Å². The fourth-order valence-corrected chi connectivity index (χ4v) is 5.40. The molecule has 55 heavy (non-hydrogen) atoms. The Balaban J connectivity index is 0.000000410. The third-order valence-corrected chi connectivity index (χ3v) is 8.21. The number of furan rings is 1. The summed E-state index contributed by atoms with van der Waals surface area (Å²) in [5.41, 5.74) is 4.39. The van der Waals surface area contributed by atoms with Crippen LogP contribution < -0.4 is 16.0 Å². The summed E-state index contributed by atoms with van der Waals surface area (Å²) < 4.78 is 69.0. The highest BCUT2D eigenvalue weighted by Gasteiger charge is 2.39. The SMILES string of the molecule is Cc1ccc(C(=O)N2CCC(CC(=O)Nc3ccc4cc3CCc3cncc(c3)Nc3ncc(Cl)c(n3)N4)CC2)o1.O=C(O)C(F)(F)F.O=C(O)C(F)(F)F. The van der Waals surface area contributed by atoms with Gasteiger partial charge in [-0.25, -0.2) is 14.6 Å². The molecular formula is C34H32ClF6N7O7. The van der Waals surface area contributed by atoms with E-state index in [0.717, 1.165) is 53.2 Å². The predicted molar refractivity (Wildman–Crippen MR) is 184 cm³/mol. The van der Waals surface area contributed by atoms with E-state index in [0.29, 0.717) is 48.5 Å². The molecule has 2 aliphatic rings. The van der Waals surface area contributed by atoms with Gasteiger partial charge in [0.05, 0.1) is 18.1 Å². The van der Waals surface area contributed by atoms with E-state index in [-0.39, 0.29) is 17.7 Å². The van der Waals surface area contributed by atoms with E-state index >= 15 is 0 Å². The topological polar surface area (TPSA) is 200 Å². The number of amides is 2. The second-order valence-electron chi connectivity index (χ2n) is 12.1. The molecule has 0 radical (unpaired) electrons. The van der Waals surface area contributed by atoms with Crippen LogP contribution in [-0.4, -0.2) is 79.3 Å². The number of pyridine rings is 1. The smallest absolute Gasteiger partial charge is 0.475 e. The summed E-state index contributed by atoms with van der Waals surface area (Å²) in [6, 6.07) is 11.3. The van der Waals surface area contributed by atoms with Crippen molar-refractivity contribution >= 4 is 64.2 Å². The number of piperidine rings is 1. The van der Waals surface area contributed by atoms with Crippen LogP contribution in [0.4, 0.5) is 55.2 Å². The number of aryl methyl sites for hydroxylation is 3. The summed E-state index contributed by atoms with van der Waals surface area (Å²) >= 11 is 6.37. The quantitative estimate of drug-likeness (QED) is 0.131. The average molecular weight is 800 g/mol. The molecule has 6 bridgehead atoms. The van der Waals surface area contributed by atoms with E-state index in [2.05, 4.69) is 30.9 Å². The number of rotatable bonds is 4. The highest BCUT2D eigenvalue weighted by atomic mass is 35.5. The van der Waals surface area contributed by atoms with Crippen molar-refractivity contribution in [2.75, 3.05) is 29.0 Å². The number of benzene rings is 1. The molecule has 0 aliphatic carbocycles. The standard InChI is InChI=1S/C30H30ClN7O3.2C2HF3O2/c1-18-2-7-26(41-18)29(40)38-10-8-19(9-11-38)13-27(39)36-25-6-5-22-14-21(25)4-3-20-12-23(16-32-15-20)35-30-33-17-24(31)28(34-22)37-30;2*3-2(4,5)1(6)7/h2,5-7,12,14-17,19H,3-4,8-11,13H2,1H3,(H,36,39)(H2,33,34,35,37);2*(H,6,7). The number of nitrogens with one attached hydrogen (secondary N) is 3. The van der Waals surface area contributed by atoms with Gasteiger partial charge in [-0.1, -0.05) is 11.6 Å². The Hall–Kier alpha value is -5.92. The second kappa shape index (κ2) is 17.9. The van der Waals surface area contributed by atoms with Crippen molar-refractivity contribution < 1.29 is 60.2 Å². The summed E-state index contributed by atoms with van der Waals surface area (Å²) in [5.74, 6) is -3.46. The minimum Gasteiger partial charge on any atom is -0.475 e. The van der Waals surface area contributed by atoms with E-state index in [1.54, 1.807) is 29.4 Å². The van der Waals surface area contributed by atoms with E-state index < -0.39 is 24.3 Å². The van der Waals surface area contributed by atoms with Crippen molar-refractivity contribution in [3.05, 3.63) is 82.7 Å². The lowest BCUT2D eigenvalue weighted by molar-refractivity contribution is -0.193. The van der Waals surface area contributed by atoms with E-state index in [4.69, 9.17) is 35.8 Å². The van der Waals surface area contributed by atoms with Crippen LogP contribution in [0.25, 0.3) is 0 Å². The maximum Gasteiger partial charge on any atom is 0.490 e. The zero-order chi connectivity index (χ0) is 40.5. The highest BCUT2D eigenvalue weighted by Crippen LogP contribution is 2.30. The molecule has 21 heteroatoms. The predicted octanol–water partition coefficient (Wildman–Crippen LogP) is 7.16. The molecule has 0 spiro atoms. The van der Waals surface area contributed by atoms with Crippen LogP contribution in [0.15, 0.2) is 59.4 Å². The first-order valence-corrected chi connectivity index (χ1v) is 16.6. The summed E-state index contributed by atoms with van der Waals surface area (Å²) in [6.45, 7) is 3.04. The lowest BCUT2D eigenvalue weighted by Gasteiger charge is -2.31. The van der Waals surface area contributed by atoms with E-state index in [9.17, 15) is 35.9 Å². The Bertz CT molecular complexity index is 1990. The number of hydrogen-bond donors (Lipinski definition) is 5. The number of carbonyl (C=O) groups is 4. The Kier molecular flexibility index (Phi) is 13.6. The number of carbonyl (C=O) groups excluding carboxylic acids is 2. The third-order valence-electron chi connectivity index (χ3n) is 7.93. The molecule has 3 aromatic heterocycles. The summed E-state index contributed by atoms with van der Waals surface area (Å²) in [7, 11) is 0. The Morgan fingerprint density at radius 1 is 0.909 bits per heavy atom. The average Bonchev–Trinajstić information content (AvgIpc) is 3.55. The largest absolute Gasteiger partial charge is 0.490 e. The maximum absolute atomic E-state index is 13.1. The molecule has 5 N–H and O–H groups in total. The van der Waals surface area contributed by atoms with Gasteiger partial charge in [-0.3, -0.25) is 14.6 Å². The molecule has 5 heterocycles. The van der Waals surface area contributed by atoms with Gasteiger partial charge >= 0.3 is 24.3 Å². The fraction of sp³-hybridized carbons (Fsp3) is 0.324. The molecule has 14 nitrogen and oxygen atoms in total. The molecule has 0 atom stereocenters. The van der Waals surface area contributed by atoms with Crippen LogP contribution in [0.5, 0.6) is 0 Å². The number of carboxylic acids is 2. The lowest BCUT2D eigenvalue weighted by Crippen LogP contribution is -2.39. The number of halogens is 7. The number of aliphatic carboxylic acids is 2. The number of carboxylic acid groups (broad SMARTS) is 2. The monoisotopic (exact) mass is 799 g/mol. The van der Waals surface area contributed by atoms with Crippen LogP contribution in [-0.2, 0) is 27.2 Å². The van der Waals surface area contributed by atoms with Gasteiger partial charge in [0.1, 0.15) is 10.8 Å². The van der Waals surface area contributed by atoms with E-state index in [1.165, 1.54) is 0 Å². The first-order valence-electron chi connectivity index (χ1n) is 16.2. The van der Waals surface area contributed by atoms with Gasteiger partial charge < -0.3 is 35.5 Å². The molecule has 1 aromatic carbocycles. The third kappa shape index (κ3) is 12.6. The van der Waals surface area contributed by atoms with Crippen LogP contribution in [0.2, 0.25) is 5.02 Å². The van der Waals surface area contributed by atoms with Gasteiger partial charge in [-0.05, 0) is 86.1 Å². The maximum atomic E-state index is 13.1. The van der Waals surface area contributed by atoms with Gasteiger partial charge in [0.15, 0.2) is 11.6 Å².